The van der Waals surface area contributed by atoms with Crippen LogP contribution in [0.2, 0.25) is 0 Å². The molecule has 4 N–H and O–H groups in total. The fraction of sp³-hybridized carbons (Fsp3) is 0.364. The van der Waals surface area contributed by atoms with Gasteiger partial charge in [-0.2, -0.15) is 0 Å². The molecule has 0 unspecified atom stereocenters. The number of hydrogen-bond donors (Lipinski definition) is 3. The minimum absolute atomic E-state index is 0.0294. The third-order valence-electron chi connectivity index (χ3n) is 4.45. The number of aryl methyl sites for hydroxylation is 1. The molecule has 5 nitrogen and oxygen atoms in total. The van der Waals surface area contributed by atoms with Gasteiger partial charge in [0, 0.05) is 17.7 Å². The van der Waals surface area contributed by atoms with Gasteiger partial charge in [-0.05, 0) is 20.3 Å². The highest BCUT2D eigenvalue weighted by Gasteiger charge is 2.21. The summed E-state index contributed by atoms with van der Waals surface area (Å²) in [6.45, 7) is 6.63. The zero-order valence-corrected chi connectivity index (χ0v) is 16.4. The summed E-state index contributed by atoms with van der Waals surface area (Å²) in [6.07, 6.45) is 0.871. The Hall–Kier alpha value is -2.66. The molecule has 0 heterocycles. The van der Waals surface area contributed by atoms with Gasteiger partial charge in [-0.15, -0.1) is 0 Å². The van der Waals surface area contributed by atoms with Gasteiger partial charge >= 0.3 is 0 Å². The molecule has 0 aromatic heterocycles. The zero-order valence-electron chi connectivity index (χ0n) is 16.4. The highest BCUT2D eigenvalue weighted by Crippen LogP contribution is 2.18. The molecule has 0 aliphatic rings. The first-order chi connectivity index (χ1) is 13.0. The number of carbonyl (C=O) groups excluding carboxylic acids is 2. The van der Waals surface area contributed by atoms with Crippen LogP contribution in [-0.4, -0.2) is 30.9 Å². The Morgan fingerprint density at radius 3 is 2.26 bits per heavy atom. The normalized spacial score (nSPS) is 12.9. The summed E-state index contributed by atoms with van der Waals surface area (Å²) in [6, 6.07) is 18.0. The molecule has 0 aliphatic carbocycles. The van der Waals surface area contributed by atoms with Crippen molar-refractivity contribution in [2.75, 3.05) is 13.1 Å². The number of carbonyl (C=O) groups is 2. The van der Waals surface area contributed by atoms with Gasteiger partial charge in [0.25, 0.3) is 5.91 Å². The fourth-order valence-corrected chi connectivity index (χ4v) is 2.89. The van der Waals surface area contributed by atoms with E-state index in [9.17, 15) is 9.59 Å². The van der Waals surface area contributed by atoms with Crippen LogP contribution < -0.4 is 16.0 Å². The van der Waals surface area contributed by atoms with E-state index in [1.807, 2.05) is 30.4 Å². The smallest absolute Gasteiger partial charge is 0.275 e. The van der Waals surface area contributed by atoms with Gasteiger partial charge in [0.15, 0.2) is 6.54 Å². The first kappa shape index (κ1) is 20.6. The molecule has 2 atom stereocenters. The maximum Gasteiger partial charge on any atom is 0.275 e. The van der Waals surface area contributed by atoms with Gasteiger partial charge in [0.1, 0.15) is 12.1 Å². The van der Waals surface area contributed by atoms with Crippen LogP contribution in [0.5, 0.6) is 0 Å². The van der Waals surface area contributed by atoms with E-state index >= 15 is 0 Å². The number of rotatable bonds is 9. The van der Waals surface area contributed by atoms with Crippen LogP contribution in [0.15, 0.2) is 54.6 Å². The van der Waals surface area contributed by atoms with E-state index in [2.05, 4.69) is 54.0 Å². The zero-order chi connectivity index (χ0) is 19.6. The van der Waals surface area contributed by atoms with Crippen LogP contribution in [0.25, 0.3) is 0 Å². The Balaban J connectivity index is 2.00. The molecule has 0 bridgehead atoms. The number of benzene rings is 2. The first-order valence-electron chi connectivity index (χ1n) is 9.53. The van der Waals surface area contributed by atoms with Crippen molar-refractivity contribution in [1.82, 2.24) is 10.6 Å². The number of amides is 2. The van der Waals surface area contributed by atoms with Gasteiger partial charge in [0.2, 0.25) is 5.91 Å². The van der Waals surface area contributed by atoms with Gasteiger partial charge in [-0.25, -0.2) is 0 Å². The van der Waals surface area contributed by atoms with E-state index in [1.165, 1.54) is 5.56 Å². The van der Waals surface area contributed by atoms with Crippen LogP contribution >= 0.6 is 0 Å². The Labute approximate surface area is 161 Å². The molecule has 27 heavy (non-hydrogen) atoms. The van der Waals surface area contributed by atoms with Gasteiger partial charge in [-0.3, -0.25) is 9.59 Å². The van der Waals surface area contributed by atoms with Crippen LogP contribution in [0.1, 0.15) is 43.0 Å². The maximum atomic E-state index is 12.3. The van der Waals surface area contributed by atoms with Crippen molar-refractivity contribution < 1.29 is 14.9 Å². The van der Waals surface area contributed by atoms with E-state index in [4.69, 9.17) is 0 Å². The van der Waals surface area contributed by atoms with E-state index in [-0.39, 0.29) is 24.4 Å². The van der Waals surface area contributed by atoms with Gasteiger partial charge in [0.05, 0.1) is 0 Å². The number of nitrogens with two attached hydrogens (primary N) is 1. The average Bonchev–Trinajstić information content (AvgIpc) is 2.68. The summed E-state index contributed by atoms with van der Waals surface area (Å²) < 4.78 is 0. The van der Waals surface area contributed by atoms with Crippen molar-refractivity contribution in [3.63, 3.8) is 0 Å². The lowest BCUT2D eigenvalue weighted by atomic mass is 9.98. The highest BCUT2D eigenvalue weighted by atomic mass is 16.2. The summed E-state index contributed by atoms with van der Waals surface area (Å²) in [7, 11) is 0. The molecular formula is C22H30N3O2+. The topological polar surface area (TPSA) is 74.8 Å². The third kappa shape index (κ3) is 6.53. The largest absolute Gasteiger partial charge is 0.354 e. The Kier molecular flexibility index (Phi) is 8.01. The lowest BCUT2D eigenvalue weighted by Crippen LogP contribution is -2.88. The minimum Gasteiger partial charge on any atom is -0.354 e. The number of nitrogens with one attached hydrogen (secondary N) is 2. The second-order valence-electron chi connectivity index (χ2n) is 6.82. The molecule has 0 aliphatic heterocycles. The van der Waals surface area contributed by atoms with Crippen LogP contribution in [0, 0.1) is 6.92 Å². The van der Waals surface area contributed by atoms with Crippen molar-refractivity contribution in [3.8, 4) is 0 Å². The monoisotopic (exact) mass is 368 g/mol. The summed E-state index contributed by atoms with van der Waals surface area (Å²) in [4.78, 5) is 24.2. The second kappa shape index (κ2) is 10.5. The van der Waals surface area contributed by atoms with Gasteiger partial charge < -0.3 is 16.0 Å². The summed E-state index contributed by atoms with van der Waals surface area (Å²) in [5.74, 6) is -0.300. The average molecular weight is 369 g/mol. The third-order valence-corrected chi connectivity index (χ3v) is 4.45. The predicted molar refractivity (Wildman–Crippen MR) is 107 cm³/mol. The Morgan fingerprint density at radius 2 is 1.63 bits per heavy atom. The molecule has 0 saturated carbocycles. The summed E-state index contributed by atoms with van der Waals surface area (Å²) in [5.41, 5.74) is 3.49. The van der Waals surface area contributed by atoms with E-state index in [0.717, 1.165) is 17.5 Å². The molecule has 0 radical (unpaired) electrons. The lowest BCUT2D eigenvalue weighted by Gasteiger charge is -2.18. The second-order valence-corrected chi connectivity index (χ2v) is 6.82. The van der Waals surface area contributed by atoms with E-state index in [0.29, 0.717) is 6.54 Å². The molecule has 2 rings (SSSR count). The molecule has 2 aromatic rings. The van der Waals surface area contributed by atoms with Crippen molar-refractivity contribution >= 4 is 11.8 Å². The molecule has 0 saturated heterocycles. The van der Waals surface area contributed by atoms with Crippen LogP contribution in [0.4, 0.5) is 0 Å². The minimum atomic E-state index is -0.535. The van der Waals surface area contributed by atoms with Crippen molar-refractivity contribution in [2.24, 2.45) is 0 Å². The van der Waals surface area contributed by atoms with Crippen LogP contribution in [0.3, 0.4) is 0 Å². The van der Waals surface area contributed by atoms with Crippen molar-refractivity contribution in [3.05, 3.63) is 71.3 Å². The van der Waals surface area contributed by atoms with Crippen LogP contribution in [-0.2, 0) is 9.59 Å². The molecular weight excluding hydrogens is 338 g/mol. The Bertz CT molecular complexity index is 729. The molecule has 144 valence electrons. The fourth-order valence-electron chi connectivity index (χ4n) is 2.89. The summed E-state index contributed by atoms with van der Waals surface area (Å²) in [5, 5.41) is 7.58. The molecule has 0 fully saturated rings. The predicted octanol–water partition coefficient (Wildman–Crippen LogP) is 1.68. The molecule has 0 spiro atoms. The van der Waals surface area contributed by atoms with Crippen molar-refractivity contribution in [2.45, 2.75) is 39.3 Å². The molecule has 5 heteroatoms. The highest BCUT2D eigenvalue weighted by molar-refractivity contribution is 5.87. The quantitative estimate of drug-likeness (QED) is 0.630. The summed E-state index contributed by atoms with van der Waals surface area (Å²) >= 11 is 0. The standard InChI is InChI=1S/C22H29N3O2/c1-4-14-23-22(27)17(3)25-20(26)15-24-21(18-8-6-5-7-9-18)19-12-10-16(2)11-13-19/h5-13,17,21,24H,4,14-15H2,1-3H3,(H,23,27)(H,25,26)/p+1/t17-,21-/m1/s1. The van der Waals surface area contributed by atoms with E-state index in [1.54, 1.807) is 6.92 Å². The number of quaternary nitrogens is 1. The SMILES string of the molecule is CCCNC(=O)[C@@H](C)NC(=O)C[NH2+][C@H](c1ccccc1)c1ccc(C)cc1. The number of hydrogen-bond acceptors (Lipinski definition) is 2. The Morgan fingerprint density at radius 1 is 1.00 bits per heavy atom. The molecule has 2 amide bonds. The van der Waals surface area contributed by atoms with Crippen molar-refractivity contribution in [1.29, 1.82) is 0 Å². The van der Waals surface area contributed by atoms with E-state index < -0.39 is 6.04 Å². The first-order valence-corrected chi connectivity index (χ1v) is 9.53. The maximum absolute atomic E-state index is 12.3. The lowest BCUT2D eigenvalue weighted by molar-refractivity contribution is -0.676. The van der Waals surface area contributed by atoms with Gasteiger partial charge in [-0.1, -0.05) is 67.1 Å². The molecule has 2 aromatic carbocycles.